The van der Waals surface area contributed by atoms with Gasteiger partial charge in [0.1, 0.15) is 0 Å². The summed E-state index contributed by atoms with van der Waals surface area (Å²) < 4.78 is 0. The van der Waals surface area contributed by atoms with Gasteiger partial charge in [0.2, 0.25) is 11.8 Å². The summed E-state index contributed by atoms with van der Waals surface area (Å²) in [4.78, 5) is 48.4. The van der Waals surface area contributed by atoms with Crippen LogP contribution in [0.2, 0.25) is 0 Å². The Morgan fingerprint density at radius 1 is 0.606 bits per heavy atom. The molecule has 0 saturated carbocycles. The maximum Gasteiger partial charge on any atom is 0.221 e. The molecule has 0 bridgehead atoms. The van der Waals surface area contributed by atoms with Gasteiger partial charge in [-0.05, 0) is 60.0 Å². The van der Waals surface area contributed by atoms with E-state index in [1.165, 1.54) is 13.8 Å². The maximum atomic E-state index is 13.0. The van der Waals surface area contributed by atoms with E-state index >= 15 is 0 Å². The first-order chi connectivity index (χ1) is 15.8. The molecular weight excluding hydrogens is 416 g/mol. The Kier molecular flexibility index (Phi) is 7.86. The second-order valence-electron chi connectivity index (χ2n) is 7.88. The fourth-order valence-corrected chi connectivity index (χ4v) is 3.60. The van der Waals surface area contributed by atoms with Crippen molar-refractivity contribution in [2.45, 2.75) is 32.6 Å². The zero-order valence-corrected chi connectivity index (χ0v) is 18.6. The van der Waals surface area contributed by atoms with Crippen molar-refractivity contribution in [3.05, 3.63) is 95.6 Å². The average molecular weight is 443 g/mol. The van der Waals surface area contributed by atoms with Crippen LogP contribution in [-0.2, 0) is 9.59 Å². The Labute approximate surface area is 193 Å². The van der Waals surface area contributed by atoms with Gasteiger partial charge in [-0.1, -0.05) is 30.3 Å². The molecule has 0 aliphatic rings. The minimum Gasteiger partial charge on any atom is -0.326 e. The van der Waals surface area contributed by atoms with Crippen LogP contribution in [0.4, 0.5) is 11.4 Å². The number of hydrogen-bond donors (Lipinski definition) is 2. The van der Waals surface area contributed by atoms with E-state index in [0.717, 1.165) is 5.56 Å². The van der Waals surface area contributed by atoms with Crippen molar-refractivity contribution in [1.29, 1.82) is 0 Å². The van der Waals surface area contributed by atoms with Gasteiger partial charge in [-0.3, -0.25) is 19.2 Å². The third-order valence-corrected chi connectivity index (χ3v) is 5.19. The lowest BCUT2D eigenvalue weighted by molar-refractivity contribution is -0.115. The quantitative estimate of drug-likeness (QED) is 0.444. The summed E-state index contributed by atoms with van der Waals surface area (Å²) >= 11 is 0. The molecule has 0 radical (unpaired) electrons. The van der Waals surface area contributed by atoms with Crippen molar-refractivity contribution >= 4 is 34.8 Å². The SMILES string of the molecule is CC(=O)Nc1ccc(C(=O)CC(CC(=O)c2ccc(NC(C)=O)cc2)c2ccccc2)cc1. The number of anilines is 2. The number of ketones is 2. The normalized spacial score (nSPS) is 10.5. The Morgan fingerprint density at radius 3 is 1.36 bits per heavy atom. The van der Waals surface area contributed by atoms with Crippen molar-refractivity contribution in [2.75, 3.05) is 10.6 Å². The summed E-state index contributed by atoms with van der Waals surface area (Å²) in [5.74, 6) is -0.793. The molecule has 0 unspecified atom stereocenters. The molecule has 2 N–H and O–H groups in total. The minimum absolute atomic E-state index is 0.0768. The highest BCUT2D eigenvalue weighted by atomic mass is 16.2. The van der Waals surface area contributed by atoms with E-state index in [4.69, 9.17) is 0 Å². The highest BCUT2D eigenvalue weighted by Gasteiger charge is 2.21. The molecule has 0 fully saturated rings. The highest BCUT2D eigenvalue weighted by Crippen LogP contribution is 2.28. The zero-order valence-electron chi connectivity index (χ0n) is 18.6. The Morgan fingerprint density at radius 2 is 1.00 bits per heavy atom. The molecular formula is C27H26N2O4. The number of nitrogens with one attached hydrogen (secondary N) is 2. The smallest absolute Gasteiger partial charge is 0.221 e. The number of Topliss-reactive ketones (excluding diaryl/α,β-unsaturated/α-hetero) is 2. The van der Waals surface area contributed by atoms with Crippen LogP contribution in [0.1, 0.15) is 58.9 Å². The lowest BCUT2D eigenvalue weighted by Crippen LogP contribution is -2.13. The number of rotatable bonds is 9. The standard InChI is InChI=1S/C27H26N2O4/c1-18(30)28-24-12-8-21(9-13-24)26(32)16-23(20-6-4-3-5-7-20)17-27(33)22-10-14-25(15-11-22)29-19(2)31/h3-15,23H,16-17H2,1-2H3,(H,28,30)(H,29,31). The number of amides is 2. The Balaban J connectivity index is 1.75. The summed E-state index contributed by atoms with van der Waals surface area (Å²) in [6, 6.07) is 23.0. The molecule has 33 heavy (non-hydrogen) atoms. The van der Waals surface area contributed by atoms with Crippen LogP contribution in [0.5, 0.6) is 0 Å². The first kappa shape index (κ1) is 23.6. The first-order valence-electron chi connectivity index (χ1n) is 10.7. The molecule has 168 valence electrons. The van der Waals surface area contributed by atoms with E-state index in [1.54, 1.807) is 48.5 Å². The topological polar surface area (TPSA) is 92.3 Å². The van der Waals surface area contributed by atoms with Crippen LogP contribution in [0.3, 0.4) is 0 Å². The van der Waals surface area contributed by atoms with E-state index in [2.05, 4.69) is 10.6 Å². The summed E-state index contributed by atoms with van der Waals surface area (Å²) in [6.07, 6.45) is 0.360. The van der Waals surface area contributed by atoms with Crippen molar-refractivity contribution in [3.8, 4) is 0 Å². The molecule has 6 heteroatoms. The van der Waals surface area contributed by atoms with Crippen LogP contribution in [-0.4, -0.2) is 23.4 Å². The van der Waals surface area contributed by atoms with E-state index in [-0.39, 0.29) is 42.1 Å². The van der Waals surface area contributed by atoms with Gasteiger partial charge < -0.3 is 10.6 Å². The summed E-state index contributed by atoms with van der Waals surface area (Å²) in [7, 11) is 0. The van der Waals surface area contributed by atoms with Crippen molar-refractivity contribution in [3.63, 3.8) is 0 Å². The van der Waals surface area contributed by atoms with Gasteiger partial charge in [-0.15, -0.1) is 0 Å². The van der Waals surface area contributed by atoms with Crippen LogP contribution in [0, 0.1) is 0 Å². The maximum absolute atomic E-state index is 13.0. The third kappa shape index (κ3) is 6.97. The molecule has 3 aromatic rings. The minimum atomic E-state index is -0.281. The van der Waals surface area contributed by atoms with Crippen molar-refractivity contribution in [2.24, 2.45) is 0 Å². The summed E-state index contributed by atoms with van der Waals surface area (Å²) in [5.41, 5.74) is 3.21. The van der Waals surface area contributed by atoms with Crippen molar-refractivity contribution in [1.82, 2.24) is 0 Å². The van der Waals surface area contributed by atoms with Crippen LogP contribution in [0.25, 0.3) is 0 Å². The highest BCUT2D eigenvalue weighted by molar-refractivity contribution is 6.00. The number of carbonyl (C=O) groups is 4. The first-order valence-corrected chi connectivity index (χ1v) is 10.7. The molecule has 0 aliphatic carbocycles. The lowest BCUT2D eigenvalue weighted by atomic mass is 9.86. The summed E-state index contributed by atoms with van der Waals surface area (Å²) in [5, 5.41) is 5.36. The molecule has 0 heterocycles. The van der Waals surface area contributed by atoms with E-state index in [9.17, 15) is 19.2 Å². The fraction of sp³-hybridized carbons (Fsp3) is 0.185. The zero-order chi connectivity index (χ0) is 23.8. The number of hydrogen-bond acceptors (Lipinski definition) is 4. The second-order valence-corrected chi connectivity index (χ2v) is 7.88. The third-order valence-electron chi connectivity index (χ3n) is 5.19. The monoisotopic (exact) mass is 442 g/mol. The van der Waals surface area contributed by atoms with Gasteiger partial charge in [0.25, 0.3) is 0 Å². The van der Waals surface area contributed by atoms with Gasteiger partial charge in [0, 0.05) is 49.2 Å². The van der Waals surface area contributed by atoms with E-state index in [0.29, 0.717) is 22.5 Å². The predicted molar refractivity (Wildman–Crippen MR) is 129 cm³/mol. The van der Waals surface area contributed by atoms with Crippen LogP contribution < -0.4 is 10.6 Å². The number of carbonyl (C=O) groups excluding carboxylic acids is 4. The Bertz CT molecular complexity index is 1060. The average Bonchev–Trinajstić information content (AvgIpc) is 2.79. The molecule has 0 saturated heterocycles. The molecule has 2 amide bonds. The van der Waals surface area contributed by atoms with Gasteiger partial charge in [-0.25, -0.2) is 0 Å². The predicted octanol–water partition coefficient (Wildman–Crippen LogP) is 5.23. The number of benzene rings is 3. The van der Waals surface area contributed by atoms with Gasteiger partial charge >= 0.3 is 0 Å². The largest absolute Gasteiger partial charge is 0.326 e. The molecule has 0 aliphatic heterocycles. The van der Waals surface area contributed by atoms with Crippen LogP contribution >= 0.6 is 0 Å². The molecule has 0 aromatic heterocycles. The van der Waals surface area contributed by atoms with E-state index in [1.807, 2.05) is 30.3 Å². The van der Waals surface area contributed by atoms with Gasteiger partial charge in [-0.2, -0.15) is 0 Å². The van der Waals surface area contributed by atoms with E-state index < -0.39 is 0 Å². The molecule has 3 aromatic carbocycles. The van der Waals surface area contributed by atoms with Gasteiger partial charge in [0.05, 0.1) is 0 Å². The van der Waals surface area contributed by atoms with Crippen LogP contribution in [0.15, 0.2) is 78.9 Å². The van der Waals surface area contributed by atoms with Crippen molar-refractivity contribution < 1.29 is 19.2 Å². The lowest BCUT2D eigenvalue weighted by Gasteiger charge is -2.17. The fourth-order valence-electron chi connectivity index (χ4n) is 3.60. The molecule has 0 atom stereocenters. The molecule has 3 rings (SSSR count). The Hall–Kier alpha value is -4.06. The molecule has 6 nitrogen and oxygen atoms in total. The summed E-state index contributed by atoms with van der Waals surface area (Å²) in [6.45, 7) is 2.85. The van der Waals surface area contributed by atoms with Gasteiger partial charge in [0.15, 0.2) is 11.6 Å². The molecule has 0 spiro atoms. The second kappa shape index (κ2) is 11.0.